The van der Waals surface area contributed by atoms with Crippen LogP contribution in [-0.4, -0.2) is 20.7 Å². The topological polar surface area (TPSA) is 95.1 Å². The van der Waals surface area contributed by atoms with Crippen LogP contribution in [0.4, 0.5) is 0 Å². The lowest BCUT2D eigenvalue weighted by Crippen LogP contribution is -2.22. The molecule has 2 aromatic rings. The fraction of sp³-hybridized carbons (Fsp3) is 0.182. The van der Waals surface area contributed by atoms with E-state index in [9.17, 15) is 0 Å². The average Bonchev–Trinajstić information content (AvgIpc) is 2.74. The normalized spacial score (nSPS) is 9.79. The van der Waals surface area contributed by atoms with Crippen LogP contribution in [0.1, 0.15) is 11.3 Å². The van der Waals surface area contributed by atoms with E-state index in [-0.39, 0.29) is 22.9 Å². The predicted octanol–water partition coefficient (Wildman–Crippen LogP) is 1.58. The Hall–Kier alpha value is -1.60. The number of hydrogen-bond donors (Lipinski definition) is 2. The molecule has 0 aliphatic heterocycles. The van der Waals surface area contributed by atoms with Crippen molar-refractivity contribution < 1.29 is 0 Å². The van der Waals surface area contributed by atoms with Gasteiger partial charge in [0.2, 0.25) is 0 Å². The first-order valence-corrected chi connectivity index (χ1v) is 5.66. The van der Waals surface area contributed by atoms with Crippen LogP contribution < -0.4 is 11.5 Å². The molecule has 2 heterocycles. The van der Waals surface area contributed by atoms with Crippen molar-refractivity contribution >= 4 is 34.5 Å². The third-order valence-corrected chi connectivity index (χ3v) is 2.49. The van der Waals surface area contributed by atoms with Crippen LogP contribution in [0.15, 0.2) is 29.5 Å². The molecule has 19 heavy (non-hydrogen) atoms. The Balaban J connectivity index is 0.00000180. The molecule has 0 aromatic carbocycles. The minimum absolute atomic E-state index is 0. The van der Waals surface area contributed by atoms with Gasteiger partial charge < -0.3 is 11.5 Å². The van der Waals surface area contributed by atoms with Gasteiger partial charge in [0.1, 0.15) is 0 Å². The van der Waals surface area contributed by atoms with Gasteiger partial charge in [0, 0.05) is 11.3 Å². The van der Waals surface area contributed by atoms with Gasteiger partial charge >= 0.3 is 0 Å². The van der Waals surface area contributed by atoms with E-state index >= 15 is 0 Å². The van der Waals surface area contributed by atoms with Gasteiger partial charge in [-0.15, -0.1) is 17.0 Å². The lowest BCUT2D eigenvalue weighted by atomic mass is 10.2. The summed E-state index contributed by atoms with van der Waals surface area (Å²) in [7, 11) is 0. The number of hydrogen-bond acceptors (Lipinski definition) is 3. The van der Waals surface area contributed by atoms with Crippen molar-refractivity contribution in [2.24, 2.45) is 16.5 Å². The lowest BCUT2D eigenvalue weighted by Gasteiger charge is -2.07. The molecule has 2 aromatic heterocycles. The second kappa shape index (κ2) is 6.53. The highest BCUT2D eigenvalue weighted by molar-refractivity contribution is 8.93. The van der Waals surface area contributed by atoms with E-state index in [1.165, 1.54) is 0 Å². The molecule has 0 aliphatic rings. The maximum Gasteiger partial charge on any atom is 0.186 e. The molecule has 0 atom stereocenters. The number of nitrogens with zero attached hydrogens (tertiary/aromatic N) is 4. The molecular weight excluding hydrogens is 332 g/mol. The summed E-state index contributed by atoms with van der Waals surface area (Å²) in [5.41, 5.74) is 12.4. The Labute approximate surface area is 126 Å². The fourth-order valence-corrected chi connectivity index (χ4v) is 1.62. The lowest BCUT2D eigenvalue weighted by molar-refractivity contribution is 0.817. The largest absolute Gasteiger partial charge is 0.370 e. The molecule has 102 valence electrons. The number of pyridine rings is 1. The van der Waals surface area contributed by atoms with Crippen LogP contribution in [0.5, 0.6) is 0 Å². The maximum atomic E-state index is 5.85. The van der Waals surface area contributed by atoms with Crippen LogP contribution in [-0.2, 0) is 6.54 Å². The quantitative estimate of drug-likeness (QED) is 0.652. The van der Waals surface area contributed by atoms with Crippen LogP contribution in [0.2, 0.25) is 5.02 Å². The highest BCUT2D eigenvalue weighted by Gasteiger charge is 2.08. The predicted molar refractivity (Wildman–Crippen MR) is 80.9 cm³/mol. The molecule has 0 spiro atoms. The molecule has 0 amide bonds. The van der Waals surface area contributed by atoms with Gasteiger partial charge in [0.15, 0.2) is 11.8 Å². The molecular formula is C11H14BrClN6. The highest BCUT2D eigenvalue weighted by atomic mass is 79.9. The van der Waals surface area contributed by atoms with Gasteiger partial charge in [-0.25, -0.2) is 14.7 Å². The summed E-state index contributed by atoms with van der Waals surface area (Å²) < 4.78 is 1.60. The Morgan fingerprint density at radius 1 is 1.42 bits per heavy atom. The minimum Gasteiger partial charge on any atom is -0.370 e. The van der Waals surface area contributed by atoms with Crippen LogP contribution >= 0.6 is 28.6 Å². The van der Waals surface area contributed by atoms with E-state index < -0.39 is 0 Å². The zero-order valence-corrected chi connectivity index (χ0v) is 12.7. The monoisotopic (exact) mass is 344 g/mol. The fourth-order valence-electron chi connectivity index (χ4n) is 1.49. The van der Waals surface area contributed by atoms with Gasteiger partial charge in [-0.2, -0.15) is 5.10 Å². The summed E-state index contributed by atoms with van der Waals surface area (Å²) in [6, 6.07) is 3.81. The van der Waals surface area contributed by atoms with Crippen molar-refractivity contribution in [3.05, 3.63) is 40.8 Å². The van der Waals surface area contributed by atoms with E-state index in [2.05, 4.69) is 15.1 Å². The SMILES string of the molecule is Br.Cc1ccc(CN=C(N)N)c(-n2cc(Cl)cn2)n1. The molecule has 0 radical (unpaired) electrons. The number of guanidine groups is 1. The Morgan fingerprint density at radius 3 is 2.74 bits per heavy atom. The van der Waals surface area contributed by atoms with Crippen molar-refractivity contribution in [2.45, 2.75) is 13.5 Å². The first-order chi connectivity index (χ1) is 8.56. The smallest absolute Gasteiger partial charge is 0.186 e. The first-order valence-electron chi connectivity index (χ1n) is 5.28. The Morgan fingerprint density at radius 2 is 2.16 bits per heavy atom. The van der Waals surface area contributed by atoms with E-state index in [0.29, 0.717) is 17.4 Å². The third kappa shape index (κ3) is 3.93. The molecule has 8 heteroatoms. The summed E-state index contributed by atoms with van der Waals surface area (Å²) in [5.74, 6) is 0.715. The average molecular weight is 346 g/mol. The maximum absolute atomic E-state index is 5.85. The number of nitrogens with two attached hydrogens (primary N) is 2. The number of aryl methyl sites for hydroxylation is 1. The molecule has 0 fully saturated rings. The molecule has 0 aliphatic carbocycles. The molecule has 0 bridgehead atoms. The molecule has 6 nitrogen and oxygen atoms in total. The molecule has 0 saturated heterocycles. The van der Waals surface area contributed by atoms with Gasteiger partial charge in [-0.05, 0) is 13.0 Å². The zero-order chi connectivity index (χ0) is 13.1. The highest BCUT2D eigenvalue weighted by Crippen LogP contribution is 2.16. The summed E-state index contributed by atoms with van der Waals surface area (Å²) in [6.07, 6.45) is 3.23. The number of halogens is 2. The zero-order valence-electron chi connectivity index (χ0n) is 10.2. The van der Waals surface area contributed by atoms with Crippen molar-refractivity contribution in [1.29, 1.82) is 0 Å². The number of rotatable bonds is 3. The van der Waals surface area contributed by atoms with Gasteiger partial charge in [-0.1, -0.05) is 17.7 Å². The van der Waals surface area contributed by atoms with Crippen molar-refractivity contribution in [2.75, 3.05) is 0 Å². The molecule has 2 rings (SSSR count). The second-order valence-electron chi connectivity index (χ2n) is 3.78. The van der Waals surface area contributed by atoms with E-state index in [1.807, 2.05) is 19.1 Å². The Kier molecular flexibility index (Phi) is 5.31. The van der Waals surface area contributed by atoms with E-state index in [0.717, 1.165) is 11.3 Å². The van der Waals surface area contributed by atoms with Crippen LogP contribution in [0.3, 0.4) is 0 Å². The first kappa shape index (κ1) is 15.5. The Bertz CT molecular complexity index is 591. The van der Waals surface area contributed by atoms with Gasteiger partial charge in [0.25, 0.3) is 0 Å². The molecule has 0 unspecified atom stereocenters. The number of aliphatic imine (C=N–C) groups is 1. The summed E-state index contributed by atoms with van der Waals surface area (Å²) in [5, 5.41) is 4.67. The second-order valence-corrected chi connectivity index (χ2v) is 4.22. The molecule has 4 N–H and O–H groups in total. The number of aromatic nitrogens is 3. The van der Waals surface area contributed by atoms with Crippen LogP contribution in [0.25, 0.3) is 5.82 Å². The third-order valence-electron chi connectivity index (χ3n) is 2.30. The van der Waals surface area contributed by atoms with Crippen molar-refractivity contribution in [3.63, 3.8) is 0 Å². The van der Waals surface area contributed by atoms with Gasteiger partial charge in [-0.3, -0.25) is 0 Å². The summed E-state index contributed by atoms with van der Waals surface area (Å²) in [6.45, 7) is 2.25. The summed E-state index contributed by atoms with van der Waals surface area (Å²) in [4.78, 5) is 8.40. The standard InChI is InChI=1S/C11H13ClN6.BrH/c1-7-2-3-8(4-15-11(13)14)10(17-7)18-6-9(12)5-16-18;/h2-3,5-6H,4H2,1H3,(H4,13,14,15);1H. The van der Waals surface area contributed by atoms with E-state index in [1.54, 1.807) is 17.1 Å². The molecule has 0 saturated carbocycles. The van der Waals surface area contributed by atoms with Gasteiger partial charge in [0.05, 0.1) is 24.0 Å². The summed E-state index contributed by atoms with van der Waals surface area (Å²) >= 11 is 5.85. The van der Waals surface area contributed by atoms with Crippen LogP contribution in [0, 0.1) is 6.92 Å². The minimum atomic E-state index is 0. The van der Waals surface area contributed by atoms with E-state index in [4.69, 9.17) is 23.1 Å². The van der Waals surface area contributed by atoms with Crippen molar-refractivity contribution in [3.8, 4) is 5.82 Å². The van der Waals surface area contributed by atoms with Crippen molar-refractivity contribution in [1.82, 2.24) is 14.8 Å².